The summed E-state index contributed by atoms with van der Waals surface area (Å²) >= 11 is 6.12. The molecule has 9 heteroatoms. The molecule has 1 N–H and O–H groups in total. The van der Waals surface area contributed by atoms with Gasteiger partial charge >= 0.3 is 5.97 Å². The number of benzene rings is 2. The number of nitrogens with zero attached hydrogens (tertiary/aromatic N) is 1. The van der Waals surface area contributed by atoms with Gasteiger partial charge in [0.05, 0.1) is 18.7 Å². The molecule has 1 amide bonds. The van der Waals surface area contributed by atoms with Crippen molar-refractivity contribution in [2.24, 2.45) is 0 Å². The molecule has 0 aliphatic carbocycles. The van der Waals surface area contributed by atoms with E-state index in [1.54, 1.807) is 36.4 Å². The van der Waals surface area contributed by atoms with Crippen LogP contribution in [0.2, 0.25) is 5.02 Å². The van der Waals surface area contributed by atoms with E-state index >= 15 is 0 Å². The molecule has 4 rings (SSSR count). The molecule has 1 aliphatic heterocycles. The molecule has 8 nitrogen and oxygen atoms in total. The van der Waals surface area contributed by atoms with Gasteiger partial charge < -0.3 is 23.9 Å². The maximum absolute atomic E-state index is 13.6. The lowest BCUT2D eigenvalue weighted by molar-refractivity contribution is -0.132. The quantitative estimate of drug-likeness (QED) is 0.286. The molecule has 0 fully saturated rings. The van der Waals surface area contributed by atoms with Crippen LogP contribution in [0, 0.1) is 0 Å². The number of esters is 1. The van der Waals surface area contributed by atoms with E-state index in [9.17, 15) is 19.5 Å². The normalized spacial score (nSPS) is 15.8. The predicted molar refractivity (Wildman–Crippen MR) is 124 cm³/mol. The molecule has 3 aromatic rings. The Morgan fingerprint density at radius 1 is 1.18 bits per heavy atom. The van der Waals surface area contributed by atoms with Crippen molar-refractivity contribution in [3.05, 3.63) is 70.1 Å². The van der Waals surface area contributed by atoms with Crippen LogP contribution in [0.25, 0.3) is 11.0 Å². The summed E-state index contributed by atoms with van der Waals surface area (Å²) in [6.45, 7) is 3.50. The maximum Gasteiger partial charge on any atom is 0.308 e. The van der Waals surface area contributed by atoms with E-state index in [1.807, 2.05) is 6.92 Å². The van der Waals surface area contributed by atoms with Crippen molar-refractivity contribution in [1.29, 1.82) is 0 Å². The first kappa shape index (κ1) is 23.4. The van der Waals surface area contributed by atoms with Gasteiger partial charge in [-0.15, -0.1) is 0 Å². The Hall–Kier alpha value is -3.78. The van der Waals surface area contributed by atoms with Crippen LogP contribution in [0.1, 0.15) is 42.4 Å². The van der Waals surface area contributed by atoms with E-state index in [0.29, 0.717) is 46.0 Å². The van der Waals surface area contributed by atoms with E-state index in [1.165, 1.54) is 25.0 Å². The average Bonchev–Trinajstić information content (AvgIpc) is 3.33. The summed E-state index contributed by atoms with van der Waals surface area (Å²) in [6.07, 6.45) is 0.614. The number of carbonyl (C=O) groups excluding carboxylic acids is 3. The number of aliphatic hydroxyl groups is 1. The zero-order valence-electron chi connectivity index (χ0n) is 18.8. The number of ether oxygens (including phenoxy) is 2. The molecule has 34 heavy (non-hydrogen) atoms. The van der Waals surface area contributed by atoms with Crippen molar-refractivity contribution in [3.63, 3.8) is 0 Å². The number of hydrogen-bond donors (Lipinski definition) is 1. The molecule has 1 aliphatic rings. The number of halogens is 1. The van der Waals surface area contributed by atoms with Crippen LogP contribution in [-0.2, 0) is 9.59 Å². The molecule has 1 atom stereocenters. The third-order valence-corrected chi connectivity index (χ3v) is 5.68. The Kier molecular flexibility index (Phi) is 6.34. The van der Waals surface area contributed by atoms with Gasteiger partial charge in [-0.2, -0.15) is 0 Å². The molecule has 2 aromatic carbocycles. The molecule has 2 heterocycles. The van der Waals surface area contributed by atoms with Crippen LogP contribution in [0.5, 0.6) is 11.5 Å². The zero-order chi connectivity index (χ0) is 24.6. The number of amides is 1. The smallest absolute Gasteiger partial charge is 0.308 e. The topological polar surface area (TPSA) is 106 Å². The molecule has 176 valence electrons. The summed E-state index contributed by atoms with van der Waals surface area (Å²) in [5.74, 6) is -1.76. The Labute approximate surface area is 200 Å². The van der Waals surface area contributed by atoms with Crippen molar-refractivity contribution < 1.29 is 33.4 Å². The number of carbonyl (C=O) groups is 3. The van der Waals surface area contributed by atoms with Crippen LogP contribution in [-0.4, -0.2) is 41.3 Å². The van der Waals surface area contributed by atoms with Crippen LogP contribution in [0.4, 0.5) is 0 Å². The van der Waals surface area contributed by atoms with Gasteiger partial charge in [0, 0.05) is 29.9 Å². The van der Waals surface area contributed by atoms with Crippen molar-refractivity contribution in [2.45, 2.75) is 26.3 Å². The van der Waals surface area contributed by atoms with Gasteiger partial charge in [-0.3, -0.25) is 14.4 Å². The third-order valence-electron chi connectivity index (χ3n) is 5.46. The summed E-state index contributed by atoms with van der Waals surface area (Å²) < 4.78 is 16.1. The Bertz CT molecular complexity index is 1320. The number of furan rings is 1. The molecule has 0 bridgehead atoms. The molecule has 0 saturated heterocycles. The number of aliphatic hydroxyl groups excluding tert-OH is 1. The minimum absolute atomic E-state index is 0.0650. The van der Waals surface area contributed by atoms with Gasteiger partial charge in [-0.1, -0.05) is 30.7 Å². The highest BCUT2D eigenvalue weighted by atomic mass is 35.5. The van der Waals surface area contributed by atoms with Gasteiger partial charge in [-0.05, 0) is 36.2 Å². The van der Waals surface area contributed by atoms with Crippen molar-refractivity contribution >= 4 is 40.2 Å². The lowest BCUT2D eigenvalue weighted by atomic mass is 9.95. The van der Waals surface area contributed by atoms with Crippen molar-refractivity contribution in [2.75, 3.05) is 13.7 Å². The van der Waals surface area contributed by atoms with E-state index in [-0.39, 0.29) is 11.3 Å². The Morgan fingerprint density at radius 2 is 1.88 bits per heavy atom. The molecular weight excluding hydrogens is 462 g/mol. The van der Waals surface area contributed by atoms with E-state index < -0.39 is 29.5 Å². The fraction of sp³-hybridized carbons (Fsp3) is 0.240. The minimum atomic E-state index is -0.843. The lowest BCUT2D eigenvalue weighted by Crippen LogP contribution is -2.31. The maximum atomic E-state index is 13.6. The summed E-state index contributed by atoms with van der Waals surface area (Å²) in [7, 11) is 1.46. The number of hydrogen-bond acceptors (Lipinski definition) is 7. The number of methoxy groups -OCH3 is 1. The van der Waals surface area contributed by atoms with E-state index in [2.05, 4.69) is 0 Å². The Balaban J connectivity index is 1.79. The molecular formula is C25H22ClNO7. The molecule has 0 saturated carbocycles. The molecule has 0 radical (unpaired) electrons. The summed E-state index contributed by atoms with van der Waals surface area (Å²) in [5.41, 5.74) is 0.803. The number of fused-ring (bicyclic) bond motifs is 1. The lowest BCUT2D eigenvalue weighted by Gasteiger charge is -2.26. The van der Waals surface area contributed by atoms with Crippen LogP contribution < -0.4 is 9.47 Å². The van der Waals surface area contributed by atoms with Crippen LogP contribution in [0.15, 0.2) is 58.2 Å². The SMILES string of the molecule is CCCN1C(=O)C(O)=C(C(=O)c2cc3cc(Cl)cc(OC)c3o2)C1c1ccc(OC(C)=O)cc1. The van der Waals surface area contributed by atoms with Gasteiger partial charge in [-0.25, -0.2) is 0 Å². The van der Waals surface area contributed by atoms with E-state index in [4.69, 9.17) is 25.5 Å². The fourth-order valence-corrected chi connectivity index (χ4v) is 4.29. The summed E-state index contributed by atoms with van der Waals surface area (Å²) in [5, 5.41) is 11.7. The molecule has 1 aromatic heterocycles. The largest absolute Gasteiger partial charge is 0.503 e. The zero-order valence-corrected chi connectivity index (χ0v) is 19.5. The van der Waals surface area contributed by atoms with Crippen LogP contribution in [0.3, 0.4) is 0 Å². The standard InChI is InChI=1S/C25H22ClNO7/c1-4-9-27-21(14-5-7-17(8-6-14)33-13(2)28)20(23(30)25(27)31)22(29)18-11-15-10-16(26)12-19(32-3)24(15)34-18/h5-8,10-12,21,30H,4,9H2,1-3H3. The summed E-state index contributed by atoms with van der Waals surface area (Å²) in [6, 6.07) is 10.3. The monoisotopic (exact) mass is 483 g/mol. The van der Waals surface area contributed by atoms with Crippen LogP contribution >= 0.6 is 11.6 Å². The first-order valence-electron chi connectivity index (χ1n) is 10.6. The second-order valence-corrected chi connectivity index (χ2v) is 8.23. The number of rotatable bonds is 7. The van der Waals surface area contributed by atoms with Gasteiger partial charge in [0.1, 0.15) is 5.75 Å². The third kappa shape index (κ3) is 4.12. The first-order valence-corrected chi connectivity index (χ1v) is 11.0. The van der Waals surface area contributed by atoms with Gasteiger partial charge in [0.15, 0.2) is 22.9 Å². The summed E-state index contributed by atoms with van der Waals surface area (Å²) in [4.78, 5) is 39.1. The van der Waals surface area contributed by atoms with E-state index in [0.717, 1.165) is 0 Å². The number of Topliss-reactive ketones (excluding diaryl/α,β-unsaturated/α-hetero) is 1. The van der Waals surface area contributed by atoms with Crippen molar-refractivity contribution in [3.8, 4) is 11.5 Å². The van der Waals surface area contributed by atoms with Gasteiger partial charge in [0.25, 0.3) is 5.91 Å². The highest BCUT2D eigenvalue weighted by molar-refractivity contribution is 6.31. The van der Waals surface area contributed by atoms with Crippen molar-refractivity contribution in [1.82, 2.24) is 4.90 Å². The predicted octanol–water partition coefficient (Wildman–Crippen LogP) is 5.01. The second-order valence-electron chi connectivity index (χ2n) is 7.79. The Morgan fingerprint density at radius 3 is 2.50 bits per heavy atom. The fourth-order valence-electron chi connectivity index (χ4n) is 4.07. The minimum Gasteiger partial charge on any atom is -0.503 e. The molecule has 1 unspecified atom stereocenters. The highest BCUT2D eigenvalue weighted by Crippen LogP contribution is 2.41. The number of ketones is 1. The first-order chi connectivity index (χ1) is 16.2. The van der Waals surface area contributed by atoms with Gasteiger partial charge in [0.2, 0.25) is 5.78 Å². The highest BCUT2D eigenvalue weighted by Gasteiger charge is 2.44. The molecule has 0 spiro atoms. The second kappa shape index (κ2) is 9.23. The average molecular weight is 484 g/mol.